The summed E-state index contributed by atoms with van der Waals surface area (Å²) in [4.78, 5) is 12.5. The number of fused-ring (bicyclic) bond motifs is 2. The summed E-state index contributed by atoms with van der Waals surface area (Å²) in [6, 6.07) is 0.279. The molecule has 4 heteroatoms. The van der Waals surface area contributed by atoms with E-state index in [-0.39, 0.29) is 11.9 Å². The van der Waals surface area contributed by atoms with E-state index in [2.05, 4.69) is 24.3 Å². The first-order chi connectivity index (χ1) is 10.1. The number of carbonyl (C=O) groups excluding carboxylic acids is 1. The Labute approximate surface area is 127 Å². The lowest BCUT2D eigenvalue weighted by Gasteiger charge is -2.28. The molecule has 0 aliphatic heterocycles. The molecule has 4 atom stereocenters. The fraction of sp³-hybridized carbons (Fsp3) is 0.765. The molecule has 116 valence electrons. The zero-order valence-corrected chi connectivity index (χ0v) is 13.4. The lowest BCUT2D eigenvalue weighted by atomic mass is 9.84. The lowest BCUT2D eigenvalue weighted by Crippen LogP contribution is -2.40. The fourth-order valence-electron chi connectivity index (χ4n) is 4.40. The van der Waals surface area contributed by atoms with Crippen molar-refractivity contribution in [3.63, 3.8) is 0 Å². The summed E-state index contributed by atoms with van der Waals surface area (Å²) in [6.07, 6.45) is 8.21. The Kier molecular flexibility index (Phi) is 4.05. The minimum atomic E-state index is 0.0464. The summed E-state index contributed by atoms with van der Waals surface area (Å²) in [7, 11) is 0. The molecule has 1 amide bonds. The predicted molar refractivity (Wildman–Crippen MR) is 83.1 cm³/mol. The van der Waals surface area contributed by atoms with Gasteiger partial charge in [-0.1, -0.05) is 13.3 Å². The third-order valence-electron chi connectivity index (χ3n) is 5.58. The second-order valence-electron chi connectivity index (χ2n) is 6.97. The Morgan fingerprint density at radius 1 is 1.48 bits per heavy atom. The van der Waals surface area contributed by atoms with Crippen LogP contribution in [0.2, 0.25) is 0 Å². The standard InChI is InChI=1S/C17H27N3O/c1-4-7-20-12(3)16(10-18-20)17(21)19-11(2)15-9-13-5-6-14(15)8-13/h10-11,13-15H,4-9H2,1-3H3,(H,19,21)/t11-,13-,14-,15-/m1/s1. The molecule has 2 aliphatic rings. The van der Waals surface area contributed by atoms with Gasteiger partial charge in [0.05, 0.1) is 11.8 Å². The van der Waals surface area contributed by atoms with Gasteiger partial charge < -0.3 is 5.32 Å². The minimum Gasteiger partial charge on any atom is -0.349 e. The smallest absolute Gasteiger partial charge is 0.254 e. The van der Waals surface area contributed by atoms with Crippen LogP contribution in [-0.4, -0.2) is 21.7 Å². The van der Waals surface area contributed by atoms with Crippen molar-refractivity contribution in [1.82, 2.24) is 15.1 Å². The molecule has 0 unspecified atom stereocenters. The lowest BCUT2D eigenvalue weighted by molar-refractivity contribution is 0.0914. The SMILES string of the molecule is CCCn1ncc(C(=O)N[C@H](C)[C@H]2C[C@@H]3CC[C@@H]2C3)c1C. The molecule has 0 radical (unpaired) electrons. The first kappa shape index (κ1) is 14.6. The van der Waals surface area contributed by atoms with E-state index >= 15 is 0 Å². The molecule has 1 aromatic rings. The molecule has 2 fully saturated rings. The predicted octanol–water partition coefficient (Wildman–Crippen LogP) is 3.16. The zero-order chi connectivity index (χ0) is 15.0. The molecule has 0 spiro atoms. The topological polar surface area (TPSA) is 46.9 Å². The monoisotopic (exact) mass is 289 g/mol. The van der Waals surface area contributed by atoms with Gasteiger partial charge in [-0.2, -0.15) is 5.10 Å². The summed E-state index contributed by atoms with van der Waals surface area (Å²) < 4.78 is 1.93. The van der Waals surface area contributed by atoms with Crippen molar-refractivity contribution in [2.45, 2.75) is 65.5 Å². The first-order valence-corrected chi connectivity index (χ1v) is 8.43. The van der Waals surface area contributed by atoms with Crippen molar-refractivity contribution in [2.75, 3.05) is 0 Å². The van der Waals surface area contributed by atoms with Crippen LogP contribution >= 0.6 is 0 Å². The highest BCUT2D eigenvalue weighted by Gasteiger charge is 2.42. The van der Waals surface area contributed by atoms with E-state index in [9.17, 15) is 4.79 Å². The molecule has 1 aromatic heterocycles. The van der Waals surface area contributed by atoms with Gasteiger partial charge in [-0.3, -0.25) is 9.48 Å². The molecule has 2 saturated carbocycles. The summed E-state index contributed by atoms with van der Waals surface area (Å²) in [5.41, 5.74) is 1.72. The average molecular weight is 289 g/mol. The van der Waals surface area contributed by atoms with E-state index in [1.807, 2.05) is 11.6 Å². The number of carbonyl (C=O) groups is 1. The highest BCUT2D eigenvalue weighted by Crippen LogP contribution is 2.49. The van der Waals surface area contributed by atoms with Gasteiger partial charge in [0, 0.05) is 18.3 Å². The van der Waals surface area contributed by atoms with Gasteiger partial charge in [-0.25, -0.2) is 0 Å². The van der Waals surface area contributed by atoms with Gasteiger partial charge in [0.2, 0.25) is 0 Å². The van der Waals surface area contributed by atoms with Gasteiger partial charge in [0.1, 0.15) is 0 Å². The Balaban J connectivity index is 1.63. The number of hydrogen-bond donors (Lipinski definition) is 1. The molecule has 21 heavy (non-hydrogen) atoms. The Morgan fingerprint density at radius 3 is 2.90 bits per heavy atom. The van der Waals surface area contributed by atoms with Crippen molar-refractivity contribution in [3.8, 4) is 0 Å². The van der Waals surface area contributed by atoms with E-state index in [1.54, 1.807) is 6.20 Å². The van der Waals surface area contributed by atoms with E-state index < -0.39 is 0 Å². The first-order valence-electron chi connectivity index (χ1n) is 8.43. The third kappa shape index (κ3) is 2.72. The Hall–Kier alpha value is -1.32. The normalized spacial score (nSPS) is 28.8. The van der Waals surface area contributed by atoms with Gasteiger partial charge in [0.15, 0.2) is 0 Å². The summed E-state index contributed by atoms with van der Waals surface area (Å²) in [5.74, 6) is 2.49. The molecule has 0 aromatic carbocycles. The molecule has 3 rings (SSSR count). The van der Waals surface area contributed by atoms with Crippen molar-refractivity contribution < 1.29 is 4.79 Å². The maximum Gasteiger partial charge on any atom is 0.254 e. The highest BCUT2D eigenvalue weighted by atomic mass is 16.1. The van der Waals surface area contributed by atoms with Crippen LogP contribution in [0.5, 0.6) is 0 Å². The van der Waals surface area contributed by atoms with Crippen LogP contribution in [0.25, 0.3) is 0 Å². The second kappa shape index (κ2) is 5.82. The van der Waals surface area contributed by atoms with E-state index in [1.165, 1.54) is 25.7 Å². The van der Waals surface area contributed by atoms with E-state index in [0.717, 1.165) is 36.1 Å². The number of nitrogens with one attached hydrogen (secondary N) is 1. The van der Waals surface area contributed by atoms with Crippen LogP contribution in [0, 0.1) is 24.7 Å². The number of aromatic nitrogens is 2. The fourth-order valence-corrected chi connectivity index (χ4v) is 4.40. The van der Waals surface area contributed by atoms with Crippen molar-refractivity contribution in [1.29, 1.82) is 0 Å². The van der Waals surface area contributed by atoms with Crippen molar-refractivity contribution >= 4 is 5.91 Å². The maximum atomic E-state index is 12.5. The van der Waals surface area contributed by atoms with Crippen LogP contribution in [-0.2, 0) is 6.54 Å². The van der Waals surface area contributed by atoms with E-state index in [4.69, 9.17) is 0 Å². The van der Waals surface area contributed by atoms with Crippen LogP contribution in [0.3, 0.4) is 0 Å². The molecule has 4 nitrogen and oxygen atoms in total. The zero-order valence-electron chi connectivity index (χ0n) is 13.4. The van der Waals surface area contributed by atoms with E-state index in [0.29, 0.717) is 5.92 Å². The molecule has 2 bridgehead atoms. The molecule has 0 saturated heterocycles. The highest BCUT2D eigenvalue weighted by molar-refractivity contribution is 5.95. The van der Waals surface area contributed by atoms with Crippen LogP contribution in [0.1, 0.15) is 62.0 Å². The van der Waals surface area contributed by atoms with Gasteiger partial charge in [-0.05, 0) is 57.3 Å². The van der Waals surface area contributed by atoms with Crippen molar-refractivity contribution in [3.05, 3.63) is 17.5 Å². The Morgan fingerprint density at radius 2 is 2.29 bits per heavy atom. The number of aryl methyl sites for hydroxylation is 1. The van der Waals surface area contributed by atoms with Crippen LogP contribution in [0.4, 0.5) is 0 Å². The average Bonchev–Trinajstić information content (AvgIpc) is 3.15. The summed E-state index contributed by atoms with van der Waals surface area (Å²) in [5, 5.41) is 7.55. The maximum absolute atomic E-state index is 12.5. The summed E-state index contributed by atoms with van der Waals surface area (Å²) in [6.45, 7) is 7.16. The minimum absolute atomic E-state index is 0.0464. The van der Waals surface area contributed by atoms with Gasteiger partial charge in [-0.15, -0.1) is 0 Å². The second-order valence-corrected chi connectivity index (χ2v) is 6.97. The van der Waals surface area contributed by atoms with Gasteiger partial charge >= 0.3 is 0 Å². The molecule has 1 heterocycles. The number of nitrogens with zero attached hydrogens (tertiary/aromatic N) is 2. The summed E-state index contributed by atoms with van der Waals surface area (Å²) >= 11 is 0. The largest absolute Gasteiger partial charge is 0.349 e. The molecular formula is C17H27N3O. The van der Waals surface area contributed by atoms with Crippen molar-refractivity contribution in [2.24, 2.45) is 17.8 Å². The molecule has 1 N–H and O–H groups in total. The van der Waals surface area contributed by atoms with Crippen LogP contribution < -0.4 is 5.32 Å². The van der Waals surface area contributed by atoms with Gasteiger partial charge in [0.25, 0.3) is 5.91 Å². The quantitative estimate of drug-likeness (QED) is 0.905. The van der Waals surface area contributed by atoms with Crippen LogP contribution in [0.15, 0.2) is 6.20 Å². The molecular weight excluding hydrogens is 262 g/mol. The number of rotatable bonds is 5. The molecule has 2 aliphatic carbocycles. The third-order valence-corrected chi connectivity index (χ3v) is 5.58. The number of hydrogen-bond acceptors (Lipinski definition) is 2. The number of amides is 1. The Bertz CT molecular complexity index is 522.